The van der Waals surface area contributed by atoms with E-state index in [2.05, 4.69) is 20.7 Å². The molecule has 22 heavy (non-hydrogen) atoms. The molecule has 1 amide bonds. The van der Waals surface area contributed by atoms with Crippen molar-refractivity contribution in [2.45, 2.75) is 37.1 Å². The van der Waals surface area contributed by atoms with Crippen LogP contribution in [-0.2, 0) is 14.8 Å². The van der Waals surface area contributed by atoms with Crippen molar-refractivity contribution in [3.63, 3.8) is 0 Å². The maximum absolute atomic E-state index is 12.3. The summed E-state index contributed by atoms with van der Waals surface area (Å²) in [6.07, 6.45) is 1.50. The monoisotopic (exact) mass is 392 g/mol. The molecular formula is C13H17BrN2O5S. The number of nitrogens with one attached hydrogen (secondary N) is 1. The summed E-state index contributed by atoms with van der Waals surface area (Å²) in [6, 6.07) is 2.54. The van der Waals surface area contributed by atoms with Crippen LogP contribution in [-0.4, -0.2) is 31.4 Å². The summed E-state index contributed by atoms with van der Waals surface area (Å²) in [7, 11) is -4.08. The number of carbonyl (C=O) groups excluding carboxylic acids is 1. The van der Waals surface area contributed by atoms with E-state index in [1.54, 1.807) is 0 Å². The number of benzene rings is 1. The fourth-order valence-electron chi connectivity index (χ4n) is 1.76. The lowest BCUT2D eigenvalue weighted by atomic mass is 10.1. The van der Waals surface area contributed by atoms with Crippen LogP contribution < -0.4 is 10.5 Å². The van der Waals surface area contributed by atoms with Crippen LogP contribution in [0.3, 0.4) is 0 Å². The third kappa shape index (κ3) is 5.08. The smallest absolute Gasteiger partial charge is 0.321 e. The molecule has 0 spiro atoms. The zero-order chi connectivity index (χ0) is 16.9. The van der Waals surface area contributed by atoms with E-state index in [4.69, 9.17) is 10.8 Å². The number of carboxylic acid groups (broad SMARTS) is 1. The molecule has 0 fully saturated rings. The van der Waals surface area contributed by atoms with Gasteiger partial charge in [0.2, 0.25) is 15.9 Å². The normalized spacial score (nSPS) is 12.8. The molecule has 0 aliphatic heterocycles. The van der Waals surface area contributed by atoms with Crippen molar-refractivity contribution in [1.82, 2.24) is 4.72 Å². The second-order valence-corrected chi connectivity index (χ2v) is 7.32. The van der Waals surface area contributed by atoms with Crippen LogP contribution in [0.4, 0.5) is 0 Å². The molecule has 0 radical (unpaired) electrons. The number of sulfonamides is 1. The number of unbranched alkanes of at least 4 members (excludes halogenated alkanes) is 1. The zero-order valence-corrected chi connectivity index (χ0v) is 14.3. The molecule has 0 aliphatic carbocycles. The Morgan fingerprint density at radius 3 is 2.50 bits per heavy atom. The number of carbonyl (C=O) groups is 2. The molecule has 0 aromatic heterocycles. The molecule has 0 aliphatic rings. The predicted molar refractivity (Wildman–Crippen MR) is 83.9 cm³/mol. The highest BCUT2D eigenvalue weighted by atomic mass is 79.9. The number of primary amides is 1. The molecule has 0 saturated carbocycles. The number of aliphatic carboxylic acids is 1. The van der Waals surface area contributed by atoms with E-state index < -0.39 is 27.9 Å². The van der Waals surface area contributed by atoms with Crippen molar-refractivity contribution in [1.29, 1.82) is 0 Å². The van der Waals surface area contributed by atoms with E-state index in [0.717, 1.165) is 12.5 Å². The van der Waals surface area contributed by atoms with E-state index in [0.29, 0.717) is 10.9 Å². The molecule has 1 atom stereocenters. The minimum atomic E-state index is -4.08. The lowest BCUT2D eigenvalue weighted by molar-refractivity contribution is -0.139. The first kappa shape index (κ1) is 18.6. The molecule has 1 rings (SSSR count). The number of nitrogens with two attached hydrogens (primary N) is 1. The fraction of sp³-hybridized carbons (Fsp3) is 0.385. The van der Waals surface area contributed by atoms with Crippen LogP contribution in [0.15, 0.2) is 27.6 Å². The van der Waals surface area contributed by atoms with Crippen LogP contribution >= 0.6 is 15.9 Å². The van der Waals surface area contributed by atoms with Gasteiger partial charge in [-0.3, -0.25) is 9.59 Å². The summed E-state index contributed by atoms with van der Waals surface area (Å²) < 4.78 is 27.1. The standard InChI is InChI=1S/C13H17BrN2O5S/c1-2-3-4-11(13(18)19)16-22(20,21)10-6-8(12(15)17)5-9(14)7-10/h5-7,11,16H,2-4H2,1H3,(H2,15,17)(H,18,19). The lowest BCUT2D eigenvalue weighted by Gasteiger charge is -2.15. The van der Waals surface area contributed by atoms with Crippen LogP contribution in [0.25, 0.3) is 0 Å². The number of hydrogen-bond donors (Lipinski definition) is 3. The number of halogens is 1. The topological polar surface area (TPSA) is 127 Å². The van der Waals surface area contributed by atoms with Crippen LogP contribution in [0.5, 0.6) is 0 Å². The first-order chi connectivity index (χ1) is 10.2. The van der Waals surface area contributed by atoms with E-state index in [1.807, 2.05) is 6.92 Å². The van der Waals surface area contributed by atoms with Gasteiger partial charge in [-0.25, -0.2) is 8.42 Å². The van der Waals surface area contributed by atoms with Crippen LogP contribution in [0.1, 0.15) is 36.5 Å². The Balaban J connectivity index is 3.12. The van der Waals surface area contributed by atoms with E-state index in [1.165, 1.54) is 12.1 Å². The Kier molecular flexibility index (Phi) is 6.51. The van der Waals surface area contributed by atoms with Gasteiger partial charge < -0.3 is 10.8 Å². The van der Waals surface area contributed by atoms with Gasteiger partial charge in [0.05, 0.1) is 4.90 Å². The van der Waals surface area contributed by atoms with E-state index in [9.17, 15) is 18.0 Å². The highest BCUT2D eigenvalue weighted by molar-refractivity contribution is 9.10. The summed E-state index contributed by atoms with van der Waals surface area (Å²) in [4.78, 5) is 22.1. The van der Waals surface area contributed by atoms with Gasteiger partial charge in [0.25, 0.3) is 0 Å². The Morgan fingerprint density at radius 1 is 1.36 bits per heavy atom. The first-order valence-electron chi connectivity index (χ1n) is 6.53. The van der Waals surface area contributed by atoms with Crippen LogP contribution in [0, 0.1) is 0 Å². The third-order valence-electron chi connectivity index (χ3n) is 2.91. The van der Waals surface area contributed by atoms with Gasteiger partial charge in [0, 0.05) is 10.0 Å². The van der Waals surface area contributed by atoms with Crippen molar-refractivity contribution < 1.29 is 23.1 Å². The molecule has 0 saturated heterocycles. The zero-order valence-electron chi connectivity index (χ0n) is 11.9. The summed E-state index contributed by atoms with van der Waals surface area (Å²) in [5.41, 5.74) is 5.15. The molecule has 9 heteroatoms. The molecule has 1 unspecified atom stereocenters. The largest absolute Gasteiger partial charge is 0.480 e. The number of rotatable bonds is 8. The SMILES string of the molecule is CCCCC(NS(=O)(=O)c1cc(Br)cc(C(N)=O)c1)C(=O)O. The minimum Gasteiger partial charge on any atom is -0.480 e. The van der Waals surface area contributed by atoms with Crippen molar-refractivity contribution in [3.05, 3.63) is 28.2 Å². The molecular weight excluding hydrogens is 376 g/mol. The number of hydrogen-bond acceptors (Lipinski definition) is 4. The quantitative estimate of drug-likeness (QED) is 0.617. The van der Waals surface area contributed by atoms with Crippen LogP contribution in [0.2, 0.25) is 0 Å². The van der Waals surface area contributed by atoms with E-state index >= 15 is 0 Å². The molecule has 7 nitrogen and oxygen atoms in total. The van der Waals surface area contributed by atoms with E-state index in [-0.39, 0.29) is 16.9 Å². The third-order valence-corrected chi connectivity index (χ3v) is 4.82. The molecule has 1 aromatic rings. The maximum atomic E-state index is 12.3. The van der Waals surface area contributed by atoms with Gasteiger partial charge >= 0.3 is 5.97 Å². The second kappa shape index (κ2) is 7.70. The highest BCUT2D eigenvalue weighted by Gasteiger charge is 2.25. The second-order valence-electron chi connectivity index (χ2n) is 4.69. The summed E-state index contributed by atoms with van der Waals surface area (Å²) >= 11 is 3.09. The Bertz CT molecular complexity index is 675. The van der Waals surface area contributed by atoms with Gasteiger partial charge in [-0.2, -0.15) is 4.72 Å². The first-order valence-corrected chi connectivity index (χ1v) is 8.80. The van der Waals surface area contributed by atoms with Crippen molar-refractivity contribution in [3.8, 4) is 0 Å². The van der Waals surface area contributed by atoms with Gasteiger partial charge in [-0.1, -0.05) is 35.7 Å². The molecule has 0 bridgehead atoms. The Morgan fingerprint density at radius 2 is 2.00 bits per heavy atom. The average Bonchev–Trinajstić information content (AvgIpc) is 2.42. The maximum Gasteiger partial charge on any atom is 0.321 e. The van der Waals surface area contributed by atoms with Gasteiger partial charge in [-0.15, -0.1) is 0 Å². The molecule has 1 aromatic carbocycles. The molecule has 4 N–H and O–H groups in total. The van der Waals surface area contributed by atoms with Gasteiger partial charge in [-0.05, 0) is 24.6 Å². The molecule has 122 valence electrons. The highest BCUT2D eigenvalue weighted by Crippen LogP contribution is 2.20. The van der Waals surface area contributed by atoms with Crippen molar-refractivity contribution in [2.24, 2.45) is 5.73 Å². The summed E-state index contributed by atoms with van der Waals surface area (Å²) in [6.45, 7) is 1.88. The number of amides is 1. The van der Waals surface area contributed by atoms with Crippen molar-refractivity contribution in [2.75, 3.05) is 0 Å². The average molecular weight is 393 g/mol. The molecule has 0 heterocycles. The number of carboxylic acids is 1. The summed E-state index contributed by atoms with van der Waals surface area (Å²) in [5.74, 6) is -2.03. The summed E-state index contributed by atoms with van der Waals surface area (Å²) in [5, 5.41) is 9.10. The minimum absolute atomic E-state index is 0.00943. The lowest BCUT2D eigenvalue weighted by Crippen LogP contribution is -2.40. The van der Waals surface area contributed by atoms with Gasteiger partial charge in [0.15, 0.2) is 0 Å². The Hall–Kier alpha value is -1.45. The van der Waals surface area contributed by atoms with Gasteiger partial charge in [0.1, 0.15) is 6.04 Å². The predicted octanol–water partition coefficient (Wildman–Crippen LogP) is 1.47. The fourth-order valence-corrected chi connectivity index (χ4v) is 3.69. The Labute approximate surface area is 137 Å². The van der Waals surface area contributed by atoms with Crippen molar-refractivity contribution >= 4 is 37.8 Å².